The first-order chi connectivity index (χ1) is 15.3. The van der Waals surface area contributed by atoms with Crippen molar-refractivity contribution in [1.29, 1.82) is 0 Å². The average molecular weight is 458 g/mol. The zero-order valence-corrected chi connectivity index (χ0v) is 18.9. The summed E-state index contributed by atoms with van der Waals surface area (Å²) in [5.41, 5.74) is 2.43. The number of rotatable bonds is 7. The lowest BCUT2D eigenvalue weighted by atomic mass is 10.0. The van der Waals surface area contributed by atoms with E-state index in [-0.39, 0.29) is 18.0 Å². The largest absolute Gasteiger partial charge is 0.494 e. The number of hydrogen-bond donors (Lipinski definition) is 2. The maximum Gasteiger partial charge on any atom is 0.325 e. The minimum absolute atomic E-state index is 0.205. The number of piperazine rings is 1. The van der Waals surface area contributed by atoms with Gasteiger partial charge in [-0.15, -0.1) is 0 Å². The molecule has 9 heteroatoms. The normalized spacial score (nSPS) is 16.8. The molecule has 2 N–H and O–H groups in total. The van der Waals surface area contributed by atoms with E-state index < -0.39 is 22.0 Å². The van der Waals surface area contributed by atoms with Gasteiger partial charge in [-0.3, -0.25) is 9.69 Å². The van der Waals surface area contributed by atoms with Crippen molar-refractivity contribution in [2.24, 2.45) is 0 Å². The Morgan fingerprint density at radius 2 is 1.75 bits per heavy atom. The smallest absolute Gasteiger partial charge is 0.325 e. The summed E-state index contributed by atoms with van der Waals surface area (Å²) < 4.78 is 32.9. The number of ether oxygens (including phenoxy) is 1. The average Bonchev–Trinajstić information content (AvgIpc) is 3.10. The first kappa shape index (κ1) is 22.3. The molecule has 32 heavy (non-hydrogen) atoms. The summed E-state index contributed by atoms with van der Waals surface area (Å²) in [4.78, 5) is 17.6. The van der Waals surface area contributed by atoms with Crippen molar-refractivity contribution in [3.05, 3.63) is 59.8 Å². The Hall–Kier alpha value is -2.88. The number of benzene rings is 2. The molecule has 170 valence electrons. The van der Waals surface area contributed by atoms with E-state index in [0.717, 1.165) is 22.2 Å². The molecule has 0 aliphatic carbocycles. The van der Waals surface area contributed by atoms with E-state index in [2.05, 4.69) is 4.98 Å². The van der Waals surface area contributed by atoms with Crippen LogP contribution in [0.2, 0.25) is 0 Å². The van der Waals surface area contributed by atoms with Crippen molar-refractivity contribution in [1.82, 2.24) is 14.2 Å². The second-order valence-corrected chi connectivity index (χ2v) is 9.73. The lowest BCUT2D eigenvalue weighted by Crippen LogP contribution is -2.51. The number of nitrogens with zero attached hydrogens (tertiary/aromatic N) is 2. The zero-order chi connectivity index (χ0) is 22.9. The van der Waals surface area contributed by atoms with E-state index in [0.29, 0.717) is 25.4 Å². The summed E-state index contributed by atoms with van der Waals surface area (Å²) in [7, 11) is -3.66. The van der Waals surface area contributed by atoms with E-state index in [9.17, 15) is 18.3 Å². The first-order valence-electron chi connectivity index (χ1n) is 10.6. The van der Waals surface area contributed by atoms with Crippen LogP contribution in [0.5, 0.6) is 5.75 Å². The second kappa shape index (κ2) is 8.93. The van der Waals surface area contributed by atoms with Crippen molar-refractivity contribution in [2.75, 3.05) is 32.8 Å². The van der Waals surface area contributed by atoms with Crippen LogP contribution in [0, 0.1) is 6.92 Å². The molecule has 2 aromatic carbocycles. The SMILES string of the molecule is CCOc1ccc(S(=O)(=O)N2CCN([C@@H](C(=O)O)c3c(C)[nH]c4ccccc34)CC2)cc1. The Morgan fingerprint density at radius 1 is 1.09 bits per heavy atom. The molecule has 1 aliphatic heterocycles. The fourth-order valence-corrected chi connectivity index (χ4v) is 5.76. The van der Waals surface area contributed by atoms with Gasteiger partial charge in [-0.05, 0) is 44.2 Å². The summed E-state index contributed by atoms with van der Waals surface area (Å²) in [5.74, 6) is -0.324. The van der Waals surface area contributed by atoms with E-state index >= 15 is 0 Å². The van der Waals surface area contributed by atoms with E-state index in [1.807, 2.05) is 43.0 Å². The Balaban J connectivity index is 1.53. The van der Waals surface area contributed by atoms with Crippen molar-refractivity contribution in [3.63, 3.8) is 0 Å². The molecule has 1 fully saturated rings. The molecule has 8 nitrogen and oxygen atoms in total. The van der Waals surface area contributed by atoms with Gasteiger partial charge in [0.1, 0.15) is 11.8 Å². The van der Waals surface area contributed by atoms with Gasteiger partial charge in [0.25, 0.3) is 0 Å². The van der Waals surface area contributed by atoms with Gasteiger partial charge in [0.2, 0.25) is 10.0 Å². The summed E-state index contributed by atoms with van der Waals surface area (Å²) >= 11 is 0. The number of H-pyrrole nitrogens is 1. The van der Waals surface area contributed by atoms with Crippen LogP contribution >= 0.6 is 0 Å². The van der Waals surface area contributed by atoms with Crippen LogP contribution in [0.4, 0.5) is 0 Å². The molecule has 0 saturated carbocycles. The number of para-hydroxylation sites is 1. The van der Waals surface area contributed by atoms with Gasteiger partial charge in [-0.25, -0.2) is 8.42 Å². The number of sulfonamides is 1. The summed E-state index contributed by atoms with van der Waals surface area (Å²) in [6, 6.07) is 13.2. The van der Waals surface area contributed by atoms with E-state index in [4.69, 9.17) is 4.74 Å². The molecule has 0 amide bonds. The molecule has 0 spiro atoms. The second-order valence-electron chi connectivity index (χ2n) is 7.79. The number of carboxylic acid groups (broad SMARTS) is 1. The Labute approximate surface area is 187 Å². The van der Waals surface area contributed by atoms with E-state index in [1.54, 1.807) is 24.3 Å². The minimum Gasteiger partial charge on any atom is -0.494 e. The molecular formula is C23H27N3O5S. The number of carboxylic acids is 1. The molecule has 0 unspecified atom stereocenters. The number of nitrogens with one attached hydrogen (secondary N) is 1. The Kier molecular flexibility index (Phi) is 6.23. The fourth-order valence-electron chi connectivity index (χ4n) is 4.34. The van der Waals surface area contributed by atoms with Crippen LogP contribution in [0.15, 0.2) is 53.4 Å². The maximum absolute atomic E-state index is 13.1. The molecule has 1 aliphatic rings. The predicted molar refractivity (Wildman–Crippen MR) is 121 cm³/mol. The lowest BCUT2D eigenvalue weighted by molar-refractivity contribution is -0.144. The molecule has 0 radical (unpaired) electrons. The Morgan fingerprint density at radius 3 is 2.38 bits per heavy atom. The molecule has 1 saturated heterocycles. The number of aryl methyl sites for hydroxylation is 1. The number of aliphatic carboxylic acids is 1. The van der Waals surface area contributed by atoms with Crippen molar-refractivity contribution in [3.8, 4) is 5.75 Å². The summed E-state index contributed by atoms with van der Waals surface area (Å²) in [6.45, 7) is 5.35. The minimum atomic E-state index is -3.66. The third kappa shape index (κ3) is 4.11. The number of carbonyl (C=O) groups is 1. The van der Waals surface area contributed by atoms with Gasteiger partial charge in [-0.1, -0.05) is 18.2 Å². The van der Waals surface area contributed by atoms with Crippen LogP contribution in [0.3, 0.4) is 0 Å². The molecule has 3 aromatic rings. The Bertz CT molecular complexity index is 1210. The third-order valence-electron chi connectivity index (χ3n) is 5.86. The highest BCUT2D eigenvalue weighted by Gasteiger charge is 2.36. The quantitative estimate of drug-likeness (QED) is 0.565. The molecule has 1 aromatic heterocycles. The standard InChI is InChI=1S/C23H27N3O5S/c1-3-31-17-8-10-18(11-9-17)32(29,30)26-14-12-25(13-15-26)22(23(27)28)21-16(2)24-20-7-5-4-6-19(20)21/h4-11,22,24H,3,12-15H2,1-2H3,(H,27,28)/t22-/m1/s1. The number of fused-ring (bicyclic) bond motifs is 1. The molecule has 2 heterocycles. The number of aromatic amines is 1. The van der Waals surface area contributed by atoms with Crippen molar-refractivity contribution < 1.29 is 23.1 Å². The van der Waals surface area contributed by atoms with Gasteiger partial charge in [0.05, 0.1) is 11.5 Å². The highest BCUT2D eigenvalue weighted by Crippen LogP contribution is 2.33. The number of hydrogen-bond acceptors (Lipinski definition) is 5. The van der Waals surface area contributed by atoms with Crippen LogP contribution in [0.1, 0.15) is 24.2 Å². The predicted octanol–water partition coefficient (Wildman–Crippen LogP) is 3.01. The molecule has 1 atom stereocenters. The molecular weight excluding hydrogens is 430 g/mol. The number of aromatic nitrogens is 1. The van der Waals surface area contributed by atoms with Crippen LogP contribution < -0.4 is 4.74 Å². The topological polar surface area (TPSA) is 103 Å². The molecule has 4 rings (SSSR count). The van der Waals surface area contributed by atoms with Gasteiger partial charge in [0.15, 0.2) is 0 Å². The zero-order valence-electron chi connectivity index (χ0n) is 18.1. The van der Waals surface area contributed by atoms with Gasteiger partial charge >= 0.3 is 5.97 Å². The molecule has 0 bridgehead atoms. The van der Waals surface area contributed by atoms with Crippen LogP contribution in [-0.4, -0.2) is 66.5 Å². The van der Waals surface area contributed by atoms with Gasteiger partial charge < -0.3 is 14.8 Å². The highest BCUT2D eigenvalue weighted by atomic mass is 32.2. The van der Waals surface area contributed by atoms with Gasteiger partial charge in [0, 0.05) is 48.3 Å². The first-order valence-corrected chi connectivity index (χ1v) is 12.0. The fraction of sp³-hybridized carbons (Fsp3) is 0.348. The van der Waals surface area contributed by atoms with E-state index in [1.165, 1.54) is 4.31 Å². The monoisotopic (exact) mass is 457 g/mol. The maximum atomic E-state index is 13.1. The van der Waals surface area contributed by atoms with Gasteiger partial charge in [-0.2, -0.15) is 4.31 Å². The lowest BCUT2D eigenvalue weighted by Gasteiger charge is -2.37. The van der Waals surface area contributed by atoms with Crippen molar-refractivity contribution in [2.45, 2.75) is 24.8 Å². The van der Waals surface area contributed by atoms with Crippen LogP contribution in [0.25, 0.3) is 10.9 Å². The summed E-state index contributed by atoms with van der Waals surface area (Å²) in [5, 5.41) is 10.9. The van der Waals surface area contributed by atoms with Crippen LogP contribution in [-0.2, 0) is 14.8 Å². The summed E-state index contributed by atoms with van der Waals surface area (Å²) in [6.07, 6.45) is 0. The highest BCUT2D eigenvalue weighted by molar-refractivity contribution is 7.89. The third-order valence-corrected chi connectivity index (χ3v) is 7.77. The van der Waals surface area contributed by atoms with Crippen molar-refractivity contribution >= 4 is 26.9 Å².